The van der Waals surface area contributed by atoms with E-state index in [2.05, 4.69) is 51.2 Å². The quantitative estimate of drug-likeness (QED) is 0.788. The smallest absolute Gasteiger partial charge is 0.236 e. The molecular weight excluding hydrogens is 342 g/mol. The SMILES string of the molecule is CNC(=O)CN1CCN(C(=O)CN2CCN(c3ccccc3C)CC2)CC1. The van der Waals surface area contributed by atoms with Crippen LogP contribution in [0.15, 0.2) is 24.3 Å². The predicted octanol–water partition coefficient (Wildman–Crippen LogP) is 0.00722. The van der Waals surface area contributed by atoms with Crippen molar-refractivity contribution in [2.24, 2.45) is 0 Å². The summed E-state index contributed by atoms with van der Waals surface area (Å²) in [5.74, 6) is 0.236. The predicted molar refractivity (Wildman–Crippen MR) is 107 cm³/mol. The third-order valence-electron chi connectivity index (χ3n) is 5.56. The van der Waals surface area contributed by atoms with Crippen molar-refractivity contribution >= 4 is 17.5 Å². The van der Waals surface area contributed by atoms with Crippen LogP contribution in [0.4, 0.5) is 5.69 Å². The number of aryl methyl sites for hydroxylation is 1. The number of carbonyl (C=O) groups excluding carboxylic acids is 2. The van der Waals surface area contributed by atoms with Crippen molar-refractivity contribution in [3.8, 4) is 0 Å². The zero-order chi connectivity index (χ0) is 19.2. The van der Waals surface area contributed by atoms with Crippen LogP contribution in [0.2, 0.25) is 0 Å². The largest absolute Gasteiger partial charge is 0.369 e. The van der Waals surface area contributed by atoms with E-state index in [1.807, 2.05) is 4.90 Å². The van der Waals surface area contributed by atoms with Gasteiger partial charge < -0.3 is 15.1 Å². The van der Waals surface area contributed by atoms with Gasteiger partial charge in [-0.25, -0.2) is 0 Å². The van der Waals surface area contributed by atoms with Crippen LogP contribution in [0.1, 0.15) is 5.56 Å². The molecule has 0 unspecified atom stereocenters. The summed E-state index contributed by atoms with van der Waals surface area (Å²) >= 11 is 0. The Morgan fingerprint density at radius 1 is 0.889 bits per heavy atom. The van der Waals surface area contributed by atoms with Crippen molar-refractivity contribution < 1.29 is 9.59 Å². The summed E-state index contributed by atoms with van der Waals surface area (Å²) in [5.41, 5.74) is 2.60. The average Bonchev–Trinajstić information content (AvgIpc) is 2.69. The summed E-state index contributed by atoms with van der Waals surface area (Å²) < 4.78 is 0. The normalized spacial score (nSPS) is 19.2. The molecule has 3 rings (SSSR count). The molecule has 0 aromatic heterocycles. The third kappa shape index (κ3) is 5.20. The van der Waals surface area contributed by atoms with Crippen molar-refractivity contribution in [2.45, 2.75) is 6.92 Å². The number of likely N-dealkylation sites (N-methyl/N-ethyl adjacent to an activating group) is 1. The lowest BCUT2D eigenvalue weighted by molar-refractivity contribution is -0.134. The van der Waals surface area contributed by atoms with Crippen LogP contribution >= 0.6 is 0 Å². The second-order valence-electron chi connectivity index (χ2n) is 7.38. The molecule has 7 heteroatoms. The van der Waals surface area contributed by atoms with Crippen molar-refractivity contribution in [1.29, 1.82) is 0 Å². The molecule has 1 aromatic rings. The van der Waals surface area contributed by atoms with E-state index in [1.165, 1.54) is 11.3 Å². The van der Waals surface area contributed by atoms with Crippen molar-refractivity contribution in [3.05, 3.63) is 29.8 Å². The fourth-order valence-electron chi connectivity index (χ4n) is 3.79. The van der Waals surface area contributed by atoms with Crippen molar-refractivity contribution in [3.63, 3.8) is 0 Å². The number of nitrogens with one attached hydrogen (secondary N) is 1. The van der Waals surface area contributed by atoms with Crippen LogP contribution in [0.25, 0.3) is 0 Å². The van der Waals surface area contributed by atoms with E-state index in [4.69, 9.17) is 0 Å². The summed E-state index contributed by atoms with van der Waals surface area (Å²) in [6.07, 6.45) is 0. The molecule has 2 saturated heterocycles. The van der Waals surface area contributed by atoms with Gasteiger partial charge in [0.15, 0.2) is 0 Å². The standard InChI is InChI=1S/C20H31N5O2/c1-17-5-3-4-6-18(17)24-11-7-23(8-12-24)16-20(27)25-13-9-22(10-14-25)15-19(26)21-2/h3-6H,7-16H2,1-2H3,(H,21,26). The molecule has 0 bridgehead atoms. The lowest BCUT2D eigenvalue weighted by Gasteiger charge is -2.38. The molecular formula is C20H31N5O2. The van der Waals surface area contributed by atoms with E-state index < -0.39 is 0 Å². The topological polar surface area (TPSA) is 59.1 Å². The summed E-state index contributed by atoms with van der Waals surface area (Å²) in [5, 5.41) is 2.65. The van der Waals surface area contributed by atoms with E-state index in [-0.39, 0.29) is 11.8 Å². The second kappa shape index (κ2) is 9.19. The lowest BCUT2D eigenvalue weighted by atomic mass is 10.1. The molecule has 1 aromatic carbocycles. The molecule has 2 aliphatic heterocycles. The number of hydrogen-bond acceptors (Lipinski definition) is 5. The van der Waals surface area contributed by atoms with Gasteiger partial charge in [-0.2, -0.15) is 0 Å². The summed E-state index contributed by atoms with van der Waals surface area (Å²) in [6.45, 7) is 9.74. The number of anilines is 1. The minimum absolute atomic E-state index is 0.0290. The molecule has 2 amide bonds. The molecule has 7 nitrogen and oxygen atoms in total. The number of carbonyl (C=O) groups is 2. The number of rotatable bonds is 5. The Bertz CT molecular complexity index is 650. The van der Waals surface area contributed by atoms with Gasteiger partial charge in [0.05, 0.1) is 13.1 Å². The minimum atomic E-state index is 0.0290. The molecule has 27 heavy (non-hydrogen) atoms. The Labute approximate surface area is 161 Å². The van der Waals surface area contributed by atoms with E-state index >= 15 is 0 Å². The van der Waals surface area contributed by atoms with Gasteiger partial charge >= 0.3 is 0 Å². The van der Waals surface area contributed by atoms with E-state index in [0.717, 1.165) is 39.3 Å². The van der Waals surface area contributed by atoms with E-state index in [1.54, 1.807) is 7.05 Å². The van der Waals surface area contributed by atoms with Crippen LogP contribution in [0, 0.1) is 6.92 Å². The van der Waals surface area contributed by atoms with Crippen molar-refractivity contribution in [1.82, 2.24) is 20.0 Å². The third-order valence-corrected chi connectivity index (χ3v) is 5.56. The molecule has 2 aliphatic rings. The first-order valence-corrected chi connectivity index (χ1v) is 9.80. The Morgan fingerprint density at radius 3 is 2.11 bits per heavy atom. The Morgan fingerprint density at radius 2 is 1.48 bits per heavy atom. The number of piperazine rings is 2. The van der Waals surface area contributed by atoms with Gasteiger partial charge in [-0.05, 0) is 18.6 Å². The second-order valence-corrected chi connectivity index (χ2v) is 7.38. The van der Waals surface area contributed by atoms with Gasteiger partial charge in [-0.1, -0.05) is 18.2 Å². The summed E-state index contributed by atoms with van der Waals surface area (Å²) in [6, 6.07) is 8.48. The van der Waals surface area contributed by atoms with Crippen LogP contribution < -0.4 is 10.2 Å². The van der Waals surface area contributed by atoms with Crippen LogP contribution in [0.3, 0.4) is 0 Å². The molecule has 0 spiro atoms. The molecule has 0 saturated carbocycles. The van der Waals surface area contributed by atoms with Gasteiger partial charge in [0.1, 0.15) is 0 Å². The molecule has 1 N–H and O–H groups in total. The number of hydrogen-bond donors (Lipinski definition) is 1. The maximum atomic E-state index is 12.6. The van der Waals surface area contributed by atoms with Gasteiger partial charge in [-0.3, -0.25) is 19.4 Å². The molecule has 0 radical (unpaired) electrons. The van der Waals surface area contributed by atoms with Crippen LogP contribution in [-0.4, -0.2) is 99.0 Å². The Hall–Kier alpha value is -2.12. The number of amides is 2. The van der Waals surface area contributed by atoms with Gasteiger partial charge in [0.25, 0.3) is 0 Å². The van der Waals surface area contributed by atoms with Gasteiger partial charge in [0, 0.05) is 65.1 Å². The van der Waals surface area contributed by atoms with E-state index in [9.17, 15) is 9.59 Å². The zero-order valence-electron chi connectivity index (χ0n) is 16.5. The highest BCUT2D eigenvalue weighted by Crippen LogP contribution is 2.20. The summed E-state index contributed by atoms with van der Waals surface area (Å²) in [7, 11) is 1.65. The molecule has 2 heterocycles. The monoisotopic (exact) mass is 373 g/mol. The molecule has 148 valence electrons. The number of para-hydroxylation sites is 1. The van der Waals surface area contributed by atoms with Crippen LogP contribution in [-0.2, 0) is 9.59 Å². The Kier molecular flexibility index (Phi) is 6.68. The van der Waals surface area contributed by atoms with Crippen LogP contribution in [0.5, 0.6) is 0 Å². The highest BCUT2D eigenvalue weighted by Gasteiger charge is 2.25. The maximum Gasteiger partial charge on any atom is 0.236 e. The highest BCUT2D eigenvalue weighted by atomic mass is 16.2. The molecule has 2 fully saturated rings. The lowest BCUT2D eigenvalue weighted by Crippen LogP contribution is -2.54. The fraction of sp³-hybridized carbons (Fsp3) is 0.600. The minimum Gasteiger partial charge on any atom is -0.369 e. The molecule has 0 atom stereocenters. The Balaban J connectivity index is 1.41. The van der Waals surface area contributed by atoms with Gasteiger partial charge in [-0.15, -0.1) is 0 Å². The molecule has 0 aliphatic carbocycles. The number of benzene rings is 1. The average molecular weight is 374 g/mol. The first-order valence-electron chi connectivity index (χ1n) is 9.80. The van der Waals surface area contributed by atoms with E-state index in [0.29, 0.717) is 26.2 Å². The number of nitrogens with zero attached hydrogens (tertiary/aromatic N) is 4. The van der Waals surface area contributed by atoms with Gasteiger partial charge in [0.2, 0.25) is 11.8 Å². The first kappa shape index (κ1) is 19.6. The van der Waals surface area contributed by atoms with Crippen molar-refractivity contribution in [2.75, 3.05) is 77.4 Å². The summed E-state index contributed by atoms with van der Waals surface area (Å²) in [4.78, 5) is 32.8. The first-order chi connectivity index (χ1) is 13.1. The fourth-order valence-corrected chi connectivity index (χ4v) is 3.79. The zero-order valence-corrected chi connectivity index (χ0v) is 16.5. The highest BCUT2D eigenvalue weighted by molar-refractivity contribution is 5.79. The maximum absolute atomic E-state index is 12.6.